The normalized spacial score (nSPS) is 17.4. The van der Waals surface area contributed by atoms with E-state index < -0.39 is 18.1 Å². The number of hydrogen-bond acceptors (Lipinski definition) is 6. The van der Waals surface area contributed by atoms with Gasteiger partial charge in [-0.1, -0.05) is 25.1 Å². The summed E-state index contributed by atoms with van der Waals surface area (Å²) in [5, 5.41) is 8.86. The number of oxazole rings is 1. The number of imidazole rings is 1. The van der Waals surface area contributed by atoms with Crippen LogP contribution < -0.4 is 16.0 Å². The third kappa shape index (κ3) is 5.29. The molecule has 1 aliphatic heterocycles. The Bertz CT molecular complexity index is 1460. The Morgan fingerprint density at radius 3 is 2.79 bits per heavy atom. The largest absolute Gasteiger partial charge is 0.424 e. The molecule has 5 rings (SSSR count). The lowest BCUT2D eigenvalue weighted by Crippen LogP contribution is -2.57. The third-order valence-electron chi connectivity index (χ3n) is 7.20. The topological polar surface area (TPSA) is 128 Å². The van der Waals surface area contributed by atoms with Gasteiger partial charge < -0.3 is 30.3 Å². The van der Waals surface area contributed by atoms with Crippen molar-refractivity contribution in [3.8, 4) is 0 Å². The van der Waals surface area contributed by atoms with Crippen LogP contribution in [0, 0.1) is 13.8 Å². The molecule has 3 atom stereocenters. The molecule has 1 saturated heterocycles. The van der Waals surface area contributed by atoms with Crippen molar-refractivity contribution in [3.63, 3.8) is 0 Å². The molecule has 2 aromatic carbocycles. The van der Waals surface area contributed by atoms with Crippen LogP contribution in [0.1, 0.15) is 62.5 Å². The lowest BCUT2D eigenvalue weighted by Gasteiger charge is -2.36. The summed E-state index contributed by atoms with van der Waals surface area (Å²) in [6, 6.07) is 11.2. The van der Waals surface area contributed by atoms with Gasteiger partial charge in [-0.3, -0.25) is 4.79 Å². The highest BCUT2D eigenvalue weighted by Crippen LogP contribution is 2.23. The molecule has 3 heterocycles. The maximum absolute atomic E-state index is 13.5. The molecule has 2 aromatic heterocycles. The second-order valence-corrected chi connectivity index (χ2v) is 10.1. The van der Waals surface area contributed by atoms with Crippen molar-refractivity contribution in [2.24, 2.45) is 0 Å². The molecule has 0 aliphatic carbocycles. The van der Waals surface area contributed by atoms with E-state index in [0.29, 0.717) is 23.5 Å². The van der Waals surface area contributed by atoms with Gasteiger partial charge in [-0.05, 0) is 75.8 Å². The van der Waals surface area contributed by atoms with Gasteiger partial charge in [0, 0.05) is 12.6 Å². The van der Waals surface area contributed by atoms with Gasteiger partial charge in [-0.25, -0.2) is 9.78 Å². The molecule has 4 N–H and O–H groups in total. The minimum Gasteiger partial charge on any atom is -0.424 e. The number of para-hydroxylation sites is 1. The van der Waals surface area contributed by atoms with E-state index in [2.05, 4.69) is 37.8 Å². The van der Waals surface area contributed by atoms with Gasteiger partial charge in [0.1, 0.15) is 11.3 Å². The summed E-state index contributed by atoms with van der Waals surface area (Å²) in [7, 11) is 0. The summed E-state index contributed by atoms with van der Waals surface area (Å²) in [5.41, 5.74) is 5.13. The molecule has 0 spiro atoms. The van der Waals surface area contributed by atoms with Crippen LogP contribution >= 0.6 is 0 Å². The molecule has 1 fully saturated rings. The predicted octanol–water partition coefficient (Wildman–Crippen LogP) is 4.91. The van der Waals surface area contributed by atoms with E-state index in [0.717, 1.165) is 47.8 Å². The minimum absolute atomic E-state index is 0.150. The minimum atomic E-state index is -1.11. The number of hydrogen-bond donors (Lipinski definition) is 4. The summed E-state index contributed by atoms with van der Waals surface area (Å²) in [6.07, 6.45) is 2.76. The van der Waals surface area contributed by atoms with Crippen LogP contribution in [-0.4, -0.2) is 50.5 Å². The van der Waals surface area contributed by atoms with Crippen LogP contribution in [0.4, 0.5) is 10.8 Å². The number of carbonyl (C=O) groups is 2. The number of anilines is 1. The van der Waals surface area contributed by atoms with Crippen molar-refractivity contribution in [1.29, 1.82) is 0 Å². The second kappa shape index (κ2) is 10.7. The number of rotatable bonds is 7. The number of aryl methyl sites for hydroxylation is 2. The van der Waals surface area contributed by atoms with Gasteiger partial charge in [0.05, 0.1) is 17.1 Å². The smallest absolute Gasteiger partial charge is 0.319 e. The molecule has 0 saturated carbocycles. The zero-order chi connectivity index (χ0) is 26.8. The Morgan fingerprint density at radius 1 is 1.16 bits per heavy atom. The van der Waals surface area contributed by atoms with Crippen LogP contribution in [0.2, 0.25) is 0 Å². The molecule has 38 heavy (non-hydrogen) atoms. The molecule has 200 valence electrons. The second-order valence-electron chi connectivity index (χ2n) is 10.1. The van der Waals surface area contributed by atoms with E-state index in [1.54, 1.807) is 0 Å². The van der Waals surface area contributed by atoms with Gasteiger partial charge in [-0.15, -0.1) is 0 Å². The van der Waals surface area contributed by atoms with Crippen LogP contribution in [0.15, 0.2) is 40.8 Å². The monoisotopic (exact) mass is 517 g/mol. The number of H-pyrrole nitrogens is 1. The first-order chi connectivity index (χ1) is 18.3. The number of aromatic amines is 1. The van der Waals surface area contributed by atoms with E-state index >= 15 is 0 Å². The number of fused-ring (bicyclic) bond motifs is 2. The highest BCUT2D eigenvalue weighted by molar-refractivity contribution is 5.89. The number of amides is 3. The Hall–Kier alpha value is -4.08. The van der Waals surface area contributed by atoms with Crippen molar-refractivity contribution >= 4 is 40.1 Å². The number of nitrogens with one attached hydrogen (secondary N) is 4. The van der Waals surface area contributed by atoms with E-state index in [1.807, 2.05) is 62.1 Å². The average Bonchev–Trinajstić information content (AvgIpc) is 3.52. The lowest BCUT2D eigenvalue weighted by atomic mass is 10.0. The fraction of sp³-hybridized carbons (Fsp3) is 0.429. The number of nitrogens with zero attached hydrogens (tertiary/aromatic N) is 3. The summed E-state index contributed by atoms with van der Waals surface area (Å²) < 4.78 is 5.83. The van der Waals surface area contributed by atoms with Crippen molar-refractivity contribution in [1.82, 2.24) is 30.5 Å². The quantitative estimate of drug-likeness (QED) is 0.258. The molecule has 4 aromatic rings. The highest BCUT2D eigenvalue weighted by Gasteiger charge is 2.31. The molecule has 0 unspecified atom stereocenters. The Kier molecular flexibility index (Phi) is 7.22. The van der Waals surface area contributed by atoms with Crippen LogP contribution in [-0.2, 0) is 4.79 Å². The molecular weight excluding hydrogens is 482 g/mol. The molecule has 0 radical (unpaired) electrons. The average molecular weight is 518 g/mol. The van der Waals surface area contributed by atoms with E-state index in [1.165, 1.54) is 0 Å². The summed E-state index contributed by atoms with van der Waals surface area (Å²) in [4.78, 5) is 41.1. The molecule has 10 heteroatoms. The summed E-state index contributed by atoms with van der Waals surface area (Å²) in [6.45, 7) is 8.56. The van der Waals surface area contributed by atoms with E-state index in [4.69, 9.17) is 4.42 Å². The van der Waals surface area contributed by atoms with Crippen LogP contribution in [0.25, 0.3) is 22.1 Å². The first-order valence-electron chi connectivity index (χ1n) is 13.3. The number of likely N-dealkylation sites (tertiary alicyclic amines) is 1. The Morgan fingerprint density at radius 2 is 2.00 bits per heavy atom. The van der Waals surface area contributed by atoms with Crippen molar-refractivity contribution in [3.05, 3.63) is 53.3 Å². The summed E-state index contributed by atoms with van der Waals surface area (Å²) >= 11 is 0. The van der Waals surface area contributed by atoms with Crippen molar-refractivity contribution in [2.75, 3.05) is 11.9 Å². The maximum Gasteiger partial charge on any atom is 0.319 e. The third-order valence-corrected chi connectivity index (χ3v) is 7.20. The predicted molar refractivity (Wildman–Crippen MR) is 147 cm³/mol. The van der Waals surface area contributed by atoms with Gasteiger partial charge in [0.25, 0.3) is 11.9 Å². The molecule has 3 amide bonds. The number of urea groups is 1. The molecular formula is C28H35N7O3. The lowest BCUT2D eigenvalue weighted by molar-refractivity contribution is -0.123. The number of aromatic nitrogens is 3. The maximum atomic E-state index is 13.5. The van der Waals surface area contributed by atoms with Gasteiger partial charge in [0.15, 0.2) is 11.7 Å². The standard InChI is InChI=1S/C28H35N7O3/c1-5-19-10-6-7-14-35(19)28(37)34-25(33-27-31-21-15-16(2)12-13-22(21)38-27)26(36)29-18(4)24-30-20-11-8-9-17(3)23(20)32-24/h8-9,11-13,15,18-19,25H,5-7,10,14H2,1-4H3,(H,29,36)(H,30,32)(H,31,33)(H,34,37)/t18-,19-,25-/m0/s1. The number of carbonyl (C=O) groups excluding carboxylic acids is 2. The number of benzene rings is 2. The Balaban J connectivity index is 1.37. The first kappa shape index (κ1) is 25.6. The van der Waals surface area contributed by atoms with Crippen LogP contribution in [0.5, 0.6) is 0 Å². The van der Waals surface area contributed by atoms with Gasteiger partial charge >= 0.3 is 6.03 Å². The van der Waals surface area contributed by atoms with E-state index in [9.17, 15) is 9.59 Å². The molecule has 1 aliphatic rings. The fourth-order valence-corrected chi connectivity index (χ4v) is 5.05. The van der Waals surface area contributed by atoms with E-state index in [-0.39, 0.29) is 18.1 Å². The zero-order valence-electron chi connectivity index (χ0n) is 22.3. The molecule has 10 nitrogen and oxygen atoms in total. The van der Waals surface area contributed by atoms with Crippen LogP contribution in [0.3, 0.4) is 0 Å². The first-order valence-corrected chi connectivity index (χ1v) is 13.3. The SMILES string of the molecule is CC[C@H]1CCCCN1C(=O)N[C@H](Nc1nc2cc(C)ccc2o1)C(=O)N[C@@H](C)c1nc2c(C)cccc2[nH]1. The van der Waals surface area contributed by atoms with Crippen molar-refractivity contribution < 1.29 is 14.0 Å². The fourth-order valence-electron chi connectivity index (χ4n) is 5.05. The van der Waals surface area contributed by atoms with Gasteiger partial charge in [-0.2, -0.15) is 4.98 Å². The summed E-state index contributed by atoms with van der Waals surface area (Å²) in [5.74, 6) is 0.207. The van der Waals surface area contributed by atoms with Crippen molar-refractivity contribution in [2.45, 2.75) is 71.6 Å². The highest BCUT2D eigenvalue weighted by atomic mass is 16.4. The number of piperidine rings is 1. The Labute approximate surface area is 221 Å². The molecule has 0 bridgehead atoms. The van der Waals surface area contributed by atoms with Gasteiger partial charge in [0.2, 0.25) is 0 Å². The zero-order valence-corrected chi connectivity index (χ0v) is 22.3.